The number of hydrogen-bond donors (Lipinski definition) is 1. The van der Waals surface area contributed by atoms with Crippen molar-refractivity contribution in [3.8, 4) is 0 Å². The van der Waals surface area contributed by atoms with E-state index < -0.39 is 0 Å². The van der Waals surface area contributed by atoms with Gasteiger partial charge in [-0.05, 0) is 12.3 Å². The van der Waals surface area contributed by atoms with Gasteiger partial charge in [0.2, 0.25) is 0 Å². The Kier molecular flexibility index (Phi) is 4.82. The van der Waals surface area contributed by atoms with E-state index in [1.54, 1.807) is 0 Å². The van der Waals surface area contributed by atoms with Crippen molar-refractivity contribution in [3.05, 3.63) is 18.2 Å². The zero-order valence-corrected chi connectivity index (χ0v) is 10.1. The first kappa shape index (κ1) is 12.2. The van der Waals surface area contributed by atoms with Gasteiger partial charge in [0, 0.05) is 31.4 Å². The van der Waals surface area contributed by atoms with Gasteiger partial charge < -0.3 is 10.3 Å². The van der Waals surface area contributed by atoms with Crippen molar-refractivity contribution in [2.75, 3.05) is 0 Å². The van der Waals surface area contributed by atoms with Crippen molar-refractivity contribution in [3.63, 3.8) is 0 Å². The molecule has 0 aliphatic heterocycles. The largest absolute Gasteiger partial charge is 0.335 e. The topological polar surface area (TPSA) is 43.8 Å². The fourth-order valence-electron chi connectivity index (χ4n) is 1.54. The highest BCUT2D eigenvalue weighted by atomic mass is 15.1. The van der Waals surface area contributed by atoms with Crippen molar-refractivity contribution in [1.82, 2.24) is 9.55 Å². The lowest BCUT2D eigenvalue weighted by molar-refractivity contribution is 0.451. The predicted molar refractivity (Wildman–Crippen MR) is 63.7 cm³/mol. The van der Waals surface area contributed by atoms with Crippen LogP contribution >= 0.6 is 0 Å². The van der Waals surface area contributed by atoms with Gasteiger partial charge >= 0.3 is 0 Å². The SMILES string of the molecule is CCC(C)Cn1ccnc1CC(N)CC. The Labute approximate surface area is 92.7 Å². The van der Waals surface area contributed by atoms with Crippen LogP contribution < -0.4 is 5.73 Å². The van der Waals surface area contributed by atoms with Gasteiger partial charge in [-0.2, -0.15) is 0 Å². The summed E-state index contributed by atoms with van der Waals surface area (Å²) in [6, 6.07) is 0.239. The molecule has 0 bridgehead atoms. The summed E-state index contributed by atoms with van der Waals surface area (Å²) in [5.41, 5.74) is 5.94. The Balaban J connectivity index is 2.60. The molecule has 1 aromatic rings. The third-order valence-corrected chi connectivity index (χ3v) is 2.98. The van der Waals surface area contributed by atoms with Gasteiger partial charge in [-0.15, -0.1) is 0 Å². The van der Waals surface area contributed by atoms with Crippen LogP contribution in [0.25, 0.3) is 0 Å². The summed E-state index contributed by atoms with van der Waals surface area (Å²) in [5, 5.41) is 0. The van der Waals surface area contributed by atoms with Crippen molar-refractivity contribution < 1.29 is 0 Å². The molecule has 0 aliphatic carbocycles. The standard InChI is InChI=1S/C12H23N3/c1-4-10(3)9-15-7-6-14-12(15)8-11(13)5-2/h6-7,10-11H,4-5,8-9,13H2,1-3H3. The van der Waals surface area contributed by atoms with Crippen molar-refractivity contribution in [2.24, 2.45) is 11.7 Å². The molecule has 0 radical (unpaired) electrons. The molecule has 0 amide bonds. The monoisotopic (exact) mass is 209 g/mol. The lowest BCUT2D eigenvalue weighted by atomic mass is 10.1. The molecule has 3 heteroatoms. The van der Waals surface area contributed by atoms with E-state index in [2.05, 4.69) is 36.5 Å². The molecule has 86 valence electrons. The smallest absolute Gasteiger partial charge is 0.110 e. The van der Waals surface area contributed by atoms with Gasteiger partial charge in [-0.3, -0.25) is 0 Å². The van der Waals surface area contributed by atoms with Crippen LogP contribution in [0.5, 0.6) is 0 Å². The molecule has 0 aliphatic rings. The molecular weight excluding hydrogens is 186 g/mol. The molecule has 2 unspecified atom stereocenters. The van der Waals surface area contributed by atoms with Crippen LogP contribution in [-0.2, 0) is 13.0 Å². The van der Waals surface area contributed by atoms with Crippen LogP contribution in [0.2, 0.25) is 0 Å². The normalized spacial score (nSPS) is 15.2. The number of hydrogen-bond acceptors (Lipinski definition) is 2. The maximum absolute atomic E-state index is 5.94. The maximum Gasteiger partial charge on any atom is 0.110 e. The first-order valence-corrected chi connectivity index (χ1v) is 5.92. The molecule has 0 saturated carbocycles. The van der Waals surface area contributed by atoms with E-state index >= 15 is 0 Å². The van der Waals surface area contributed by atoms with Gasteiger partial charge in [0.15, 0.2) is 0 Å². The molecule has 0 spiro atoms. The summed E-state index contributed by atoms with van der Waals surface area (Å²) in [6.07, 6.45) is 7.04. The lowest BCUT2D eigenvalue weighted by Gasteiger charge is -2.14. The fraction of sp³-hybridized carbons (Fsp3) is 0.750. The fourth-order valence-corrected chi connectivity index (χ4v) is 1.54. The van der Waals surface area contributed by atoms with E-state index in [9.17, 15) is 0 Å². The van der Waals surface area contributed by atoms with Crippen molar-refractivity contribution >= 4 is 0 Å². The Hall–Kier alpha value is -0.830. The molecule has 0 aromatic carbocycles. The number of imidazole rings is 1. The lowest BCUT2D eigenvalue weighted by Crippen LogP contribution is -2.24. The quantitative estimate of drug-likeness (QED) is 0.780. The Morgan fingerprint density at radius 3 is 2.73 bits per heavy atom. The Bertz CT molecular complexity index is 254. The molecule has 0 saturated heterocycles. The molecule has 1 rings (SSSR count). The number of nitrogens with two attached hydrogens (primary N) is 1. The van der Waals surface area contributed by atoms with Gasteiger partial charge in [0.1, 0.15) is 5.82 Å². The number of aromatic nitrogens is 2. The molecule has 1 aromatic heterocycles. The molecular formula is C12H23N3. The first-order valence-electron chi connectivity index (χ1n) is 5.92. The summed E-state index contributed by atoms with van der Waals surface area (Å²) in [7, 11) is 0. The predicted octanol–water partition coefficient (Wildman–Crippen LogP) is 2.21. The molecule has 15 heavy (non-hydrogen) atoms. The zero-order chi connectivity index (χ0) is 11.3. The minimum absolute atomic E-state index is 0.239. The Morgan fingerprint density at radius 1 is 1.40 bits per heavy atom. The summed E-state index contributed by atoms with van der Waals surface area (Å²) in [5.74, 6) is 1.83. The maximum atomic E-state index is 5.94. The van der Waals surface area contributed by atoms with Crippen LogP contribution in [0.1, 0.15) is 39.4 Å². The van der Waals surface area contributed by atoms with Crippen molar-refractivity contribution in [1.29, 1.82) is 0 Å². The van der Waals surface area contributed by atoms with Crippen LogP contribution in [0.4, 0.5) is 0 Å². The molecule has 1 heterocycles. The van der Waals surface area contributed by atoms with E-state index in [0.717, 1.165) is 25.2 Å². The van der Waals surface area contributed by atoms with Gasteiger partial charge in [0.05, 0.1) is 0 Å². The summed E-state index contributed by atoms with van der Waals surface area (Å²) in [4.78, 5) is 4.37. The van der Waals surface area contributed by atoms with Gasteiger partial charge in [-0.1, -0.05) is 27.2 Å². The second-order valence-electron chi connectivity index (χ2n) is 4.38. The second-order valence-corrected chi connectivity index (χ2v) is 4.38. The molecule has 2 atom stereocenters. The van der Waals surface area contributed by atoms with E-state index in [1.807, 2.05) is 6.20 Å². The van der Waals surface area contributed by atoms with Crippen LogP contribution in [0.3, 0.4) is 0 Å². The van der Waals surface area contributed by atoms with E-state index in [-0.39, 0.29) is 6.04 Å². The van der Waals surface area contributed by atoms with Gasteiger partial charge in [0.25, 0.3) is 0 Å². The van der Waals surface area contributed by atoms with Crippen LogP contribution in [0, 0.1) is 5.92 Å². The number of nitrogens with zero attached hydrogens (tertiary/aromatic N) is 2. The summed E-state index contributed by atoms with van der Waals surface area (Å²) >= 11 is 0. The highest BCUT2D eigenvalue weighted by Crippen LogP contribution is 2.09. The average Bonchev–Trinajstić information content (AvgIpc) is 2.65. The first-order chi connectivity index (χ1) is 7.17. The van der Waals surface area contributed by atoms with E-state index in [4.69, 9.17) is 5.73 Å². The minimum Gasteiger partial charge on any atom is -0.335 e. The molecule has 3 nitrogen and oxygen atoms in total. The number of rotatable bonds is 6. The van der Waals surface area contributed by atoms with Crippen LogP contribution in [-0.4, -0.2) is 15.6 Å². The minimum atomic E-state index is 0.239. The zero-order valence-electron chi connectivity index (χ0n) is 10.1. The average molecular weight is 209 g/mol. The summed E-state index contributed by atoms with van der Waals surface area (Å²) in [6.45, 7) is 7.66. The van der Waals surface area contributed by atoms with Gasteiger partial charge in [-0.25, -0.2) is 4.98 Å². The summed E-state index contributed by atoms with van der Waals surface area (Å²) < 4.78 is 2.24. The van der Waals surface area contributed by atoms with E-state index in [0.29, 0.717) is 5.92 Å². The molecule has 2 N–H and O–H groups in total. The van der Waals surface area contributed by atoms with Crippen molar-refractivity contribution in [2.45, 2.75) is 52.6 Å². The Morgan fingerprint density at radius 2 is 2.13 bits per heavy atom. The third-order valence-electron chi connectivity index (χ3n) is 2.98. The van der Waals surface area contributed by atoms with E-state index in [1.165, 1.54) is 6.42 Å². The molecule has 0 fully saturated rings. The second kappa shape index (κ2) is 5.91. The highest BCUT2D eigenvalue weighted by molar-refractivity contribution is 4.95. The highest BCUT2D eigenvalue weighted by Gasteiger charge is 2.09. The third kappa shape index (κ3) is 3.67. The van der Waals surface area contributed by atoms with Crippen LogP contribution in [0.15, 0.2) is 12.4 Å².